The van der Waals surface area contributed by atoms with Crippen molar-refractivity contribution in [1.29, 1.82) is 0 Å². The molecule has 18 heavy (non-hydrogen) atoms. The Morgan fingerprint density at radius 3 is 2.61 bits per heavy atom. The molecule has 2 amide bonds. The van der Waals surface area contributed by atoms with Crippen LogP contribution in [0.2, 0.25) is 0 Å². The molecule has 2 aliphatic rings. The Bertz CT molecular complexity index is 559. The summed E-state index contributed by atoms with van der Waals surface area (Å²) in [6.45, 7) is 3.86. The summed E-state index contributed by atoms with van der Waals surface area (Å²) in [5.74, 6) is -0.327. The third-order valence-electron chi connectivity index (χ3n) is 3.88. The average Bonchev–Trinajstić information content (AvgIpc) is 3.10. The van der Waals surface area contributed by atoms with Gasteiger partial charge in [-0.3, -0.25) is 9.59 Å². The molecule has 0 saturated heterocycles. The zero-order chi connectivity index (χ0) is 13.1. The van der Waals surface area contributed by atoms with Crippen LogP contribution in [0.1, 0.15) is 42.6 Å². The fraction of sp³-hybridized carbons (Fsp3) is 0.429. The first-order chi connectivity index (χ1) is 8.43. The predicted molar refractivity (Wildman–Crippen MR) is 68.5 cm³/mol. The van der Waals surface area contributed by atoms with E-state index in [1.165, 1.54) is 0 Å². The molecule has 0 bridgehead atoms. The van der Waals surface area contributed by atoms with Gasteiger partial charge in [-0.25, -0.2) is 0 Å². The Morgan fingerprint density at radius 2 is 2.06 bits per heavy atom. The third-order valence-corrected chi connectivity index (χ3v) is 3.88. The zero-order valence-corrected chi connectivity index (χ0v) is 10.6. The van der Waals surface area contributed by atoms with Gasteiger partial charge >= 0.3 is 0 Å². The Hall–Kier alpha value is -1.84. The number of hydrogen-bond acceptors (Lipinski definition) is 2. The highest BCUT2D eigenvalue weighted by atomic mass is 16.2. The summed E-state index contributed by atoms with van der Waals surface area (Å²) in [5.41, 5.74) is 7.12. The first-order valence-electron chi connectivity index (χ1n) is 6.21. The summed E-state index contributed by atoms with van der Waals surface area (Å²) in [6, 6.07) is 5.62. The summed E-state index contributed by atoms with van der Waals surface area (Å²) < 4.78 is 0. The molecule has 0 spiro atoms. The molecule has 1 fully saturated rings. The van der Waals surface area contributed by atoms with Crippen LogP contribution in [0, 0.1) is 0 Å². The summed E-state index contributed by atoms with van der Waals surface area (Å²) >= 11 is 0. The monoisotopic (exact) mass is 244 g/mol. The molecule has 1 saturated carbocycles. The molecule has 0 aromatic heterocycles. The average molecular weight is 244 g/mol. The summed E-state index contributed by atoms with van der Waals surface area (Å²) in [7, 11) is 0. The number of primary amides is 1. The highest BCUT2D eigenvalue weighted by Gasteiger charge is 2.48. The van der Waals surface area contributed by atoms with E-state index in [-0.39, 0.29) is 5.91 Å². The number of fused-ring (bicyclic) bond motifs is 1. The van der Waals surface area contributed by atoms with Gasteiger partial charge < -0.3 is 10.6 Å². The van der Waals surface area contributed by atoms with Gasteiger partial charge in [-0.1, -0.05) is 6.07 Å². The minimum absolute atomic E-state index is 0.127. The second-order valence-corrected chi connectivity index (χ2v) is 5.63. The molecule has 94 valence electrons. The van der Waals surface area contributed by atoms with Crippen LogP contribution in [-0.2, 0) is 10.2 Å². The van der Waals surface area contributed by atoms with Crippen LogP contribution in [0.15, 0.2) is 18.2 Å². The Balaban J connectivity index is 2.17. The van der Waals surface area contributed by atoms with Crippen LogP contribution < -0.4 is 10.6 Å². The van der Waals surface area contributed by atoms with E-state index in [2.05, 4.69) is 0 Å². The number of nitrogens with zero attached hydrogens (tertiary/aromatic N) is 1. The number of anilines is 1. The minimum Gasteiger partial charge on any atom is -0.366 e. The van der Waals surface area contributed by atoms with Gasteiger partial charge in [0.2, 0.25) is 11.8 Å². The molecule has 3 rings (SSSR count). The SMILES string of the molecule is CC1(C)C(=O)N(C2CC2)c2cc(C(N)=O)ccc21. The van der Waals surface area contributed by atoms with E-state index in [1.54, 1.807) is 12.1 Å². The second-order valence-electron chi connectivity index (χ2n) is 5.63. The van der Waals surface area contributed by atoms with Crippen molar-refractivity contribution in [2.45, 2.75) is 38.1 Å². The molecule has 0 unspecified atom stereocenters. The highest BCUT2D eigenvalue weighted by Crippen LogP contribution is 2.46. The minimum atomic E-state index is -0.506. The zero-order valence-electron chi connectivity index (χ0n) is 10.6. The Kier molecular flexibility index (Phi) is 2.09. The summed E-state index contributed by atoms with van der Waals surface area (Å²) in [5, 5.41) is 0. The first kappa shape index (κ1) is 11.3. The van der Waals surface area contributed by atoms with E-state index < -0.39 is 11.3 Å². The van der Waals surface area contributed by atoms with Gasteiger partial charge in [-0.05, 0) is 44.4 Å². The lowest BCUT2D eigenvalue weighted by molar-refractivity contribution is -0.122. The Morgan fingerprint density at radius 1 is 1.39 bits per heavy atom. The van der Waals surface area contributed by atoms with Crippen LogP contribution >= 0.6 is 0 Å². The molecule has 2 N–H and O–H groups in total. The summed E-state index contributed by atoms with van der Waals surface area (Å²) in [4.78, 5) is 25.6. The fourth-order valence-corrected chi connectivity index (χ4v) is 2.63. The van der Waals surface area contributed by atoms with Gasteiger partial charge in [-0.2, -0.15) is 0 Å². The maximum absolute atomic E-state index is 12.5. The van der Waals surface area contributed by atoms with Crippen LogP contribution in [0.3, 0.4) is 0 Å². The van der Waals surface area contributed by atoms with Crippen molar-refractivity contribution in [3.8, 4) is 0 Å². The molecule has 4 nitrogen and oxygen atoms in total. The smallest absolute Gasteiger partial charge is 0.248 e. The molecule has 1 aliphatic carbocycles. The van der Waals surface area contributed by atoms with Crippen molar-refractivity contribution < 1.29 is 9.59 Å². The van der Waals surface area contributed by atoms with Crippen molar-refractivity contribution in [1.82, 2.24) is 0 Å². The van der Waals surface area contributed by atoms with Gasteiger partial charge in [0.15, 0.2) is 0 Å². The van der Waals surface area contributed by atoms with Gasteiger partial charge in [-0.15, -0.1) is 0 Å². The largest absolute Gasteiger partial charge is 0.366 e. The second kappa shape index (κ2) is 3.34. The van der Waals surface area contributed by atoms with Gasteiger partial charge in [0, 0.05) is 17.3 Å². The molecule has 0 radical (unpaired) electrons. The predicted octanol–water partition coefficient (Wildman–Crippen LogP) is 1.57. The number of benzene rings is 1. The molecular formula is C14H16N2O2. The van der Waals surface area contributed by atoms with Gasteiger partial charge in [0.25, 0.3) is 0 Å². The van der Waals surface area contributed by atoms with Crippen molar-refractivity contribution in [3.63, 3.8) is 0 Å². The number of carbonyl (C=O) groups is 2. The quantitative estimate of drug-likeness (QED) is 0.858. The van der Waals surface area contributed by atoms with Crippen molar-refractivity contribution in [2.24, 2.45) is 5.73 Å². The van der Waals surface area contributed by atoms with E-state index >= 15 is 0 Å². The van der Waals surface area contributed by atoms with E-state index in [1.807, 2.05) is 24.8 Å². The lowest BCUT2D eigenvalue weighted by Crippen LogP contribution is -2.37. The number of carbonyl (C=O) groups excluding carboxylic acids is 2. The van der Waals surface area contributed by atoms with E-state index in [0.717, 1.165) is 24.1 Å². The standard InChI is InChI=1S/C14H16N2O2/c1-14(2)10-6-3-8(12(15)17)7-11(10)16(13(14)18)9-4-5-9/h3,6-7,9H,4-5H2,1-2H3,(H2,15,17). The van der Waals surface area contributed by atoms with Crippen molar-refractivity contribution >= 4 is 17.5 Å². The maximum atomic E-state index is 12.5. The lowest BCUT2D eigenvalue weighted by atomic mass is 9.86. The summed E-state index contributed by atoms with van der Waals surface area (Å²) in [6.07, 6.45) is 2.09. The number of hydrogen-bond donors (Lipinski definition) is 1. The van der Waals surface area contributed by atoms with Gasteiger partial charge in [0.05, 0.1) is 5.41 Å². The van der Waals surface area contributed by atoms with Gasteiger partial charge in [0.1, 0.15) is 0 Å². The number of nitrogens with two attached hydrogens (primary N) is 1. The lowest BCUT2D eigenvalue weighted by Gasteiger charge is -2.19. The third kappa shape index (κ3) is 1.38. The normalized spacial score (nSPS) is 21.0. The van der Waals surface area contributed by atoms with Crippen LogP contribution in [0.4, 0.5) is 5.69 Å². The van der Waals surface area contributed by atoms with E-state index in [9.17, 15) is 9.59 Å². The molecular weight excluding hydrogens is 228 g/mol. The molecule has 1 aliphatic heterocycles. The molecule has 1 heterocycles. The molecule has 1 aromatic carbocycles. The van der Waals surface area contributed by atoms with Crippen LogP contribution in [0.5, 0.6) is 0 Å². The molecule has 0 atom stereocenters. The number of amides is 2. The topological polar surface area (TPSA) is 63.4 Å². The highest BCUT2D eigenvalue weighted by molar-refractivity contribution is 6.09. The van der Waals surface area contributed by atoms with Crippen LogP contribution in [0.25, 0.3) is 0 Å². The number of rotatable bonds is 2. The fourth-order valence-electron chi connectivity index (χ4n) is 2.63. The maximum Gasteiger partial charge on any atom is 0.248 e. The van der Waals surface area contributed by atoms with Crippen molar-refractivity contribution in [3.05, 3.63) is 29.3 Å². The van der Waals surface area contributed by atoms with E-state index in [0.29, 0.717) is 11.6 Å². The van der Waals surface area contributed by atoms with E-state index in [4.69, 9.17) is 5.73 Å². The first-order valence-corrected chi connectivity index (χ1v) is 6.21. The molecule has 1 aromatic rings. The Labute approximate surface area is 106 Å². The molecule has 4 heteroatoms. The van der Waals surface area contributed by atoms with Crippen LogP contribution in [-0.4, -0.2) is 17.9 Å². The van der Waals surface area contributed by atoms with Crippen molar-refractivity contribution in [2.75, 3.05) is 4.90 Å².